The molecule has 0 aliphatic rings. The van der Waals surface area contributed by atoms with Crippen LogP contribution in [0.3, 0.4) is 0 Å². The van der Waals surface area contributed by atoms with Gasteiger partial charge in [0.25, 0.3) is 0 Å². The average Bonchev–Trinajstić information content (AvgIpc) is 3.36. The molecule has 0 unspecified atom stereocenters. The molecule has 0 saturated carbocycles. The van der Waals surface area contributed by atoms with Gasteiger partial charge in [-0.25, -0.2) is 9.37 Å². The molecule has 0 N–H and O–H groups in total. The summed E-state index contributed by atoms with van der Waals surface area (Å²) in [4.78, 5) is 4.67. The Kier molecular flexibility index (Phi) is 3.76. The van der Waals surface area contributed by atoms with E-state index in [1.165, 1.54) is 12.1 Å². The van der Waals surface area contributed by atoms with Gasteiger partial charge in [0.05, 0.1) is 10.2 Å². The van der Waals surface area contributed by atoms with Crippen LogP contribution in [0.25, 0.3) is 43.7 Å². The van der Waals surface area contributed by atoms with Crippen molar-refractivity contribution in [3.63, 3.8) is 0 Å². The summed E-state index contributed by atoms with van der Waals surface area (Å²) in [5.74, 6) is 0.481. The number of halogens is 1. The van der Waals surface area contributed by atoms with Crippen LogP contribution in [-0.4, -0.2) is 15.2 Å². The van der Waals surface area contributed by atoms with Crippen molar-refractivity contribution in [3.8, 4) is 33.5 Å². The first-order valence-corrected chi connectivity index (χ1v) is 9.14. The van der Waals surface area contributed by atoms with Crippen molar-refractivity contribution in [1.29, 1.82) is 0 Å². The molecule has 130 valence electrons. The van der Waals surface area contributed by atoms with Crippen LogP contribution in [0.15, 0.2) is 77.2 Å². The Morgan fingerprint density at radius 3 is 1.96 bits per heavy atom. The zero-order valence-corrected chi connectivity index (χ0v) is 14.8. The number of hydrogen-bond acceptors (Lipinski definition) is 5. The Balaban J connectivity index is 1.44. The lowest BCUT2D eigenvalue weighted by molar-refractivity contribution is 0.584. The highest BCUT2D eigenvalue weighted by atomic mass is 32.1. The summed E-state index contributed by atoms with van der Waals surface area (Å²) in [6.45, 7) is 0. The lowest BCUT2D eigenvalue weighted by Gasteiger charge is -1.98. The van der Waals surface area contributed by atoms with Gasteiger partial charge in [-0.2, -0.15) is 0 Å². The fraction of sp³-hybridized carbons (Fsp3) is 0. The van der Waals surface area contributed by atoms with Crippen LogP contribution < -0.4 is 0 Å². The monoisotopic (exact) mass is 373 g/mol. The highest BCUT2D eigenvalue weighted by molar-refractivity contribution is 7.21. The predicted molar refractivity (Wildman–Crippen MR) is 104 cm³/mol. The zero-order valence-electron chi connectivity index (χ0n) is 14.0. The first kappa shape index (κ1) is 15.8. The third kappa shape index (κ3) is 3.00. The largest absolute Gasteiger partial charge is 0.416 e. The Bertz CT molecular complexity index is 1190. The van der Waals surface area contributed by atoms with E-state index < -0.39 is 0 Å². The van der Waals surface area contributed by atoms with Gasteiger partial charge in [0, 0.05) is 16.7 Å². The molecule has 0 radical (unpaired) electrons. The minimum Gasteiger partial charge on any atom is -0.416 e. The summed E-state index contributed by atoms with van der Waals surface area (Å²) in [7, 11) is 0. The van der Waals surface area contributed by atoms with Crippen LogP contribution >= 0.6 is 11.3 Å². The molecule has 0 spiro atoms. The number of para-hydroxylation sites is 1. The van der Waals surface area contributed by atoms with Gasteiger partial charge in [0.15, 0.2) is 0 Å². The molecule has 0 aliphatic carbocycles. The van der Waals surface area contributed by atoms with Gasteiger partial charge < -0.3 is 4.42 Å². The molecular weight excluding hydrogens is 361 g/mol. The molecular formula is C21H12FN3OS. The predicted octanol–water partition coefficient (Wildman–Crippen LogP) is 5.82. The fourth-order valence-electron chi connectivity index (χ4n) is 2.80. The molecule has 27 heavy (non-hydrogen) atoms. The van der Waals surface area contributed by atoms with E-state index in [4.69, 9.17) is 4.42 Å². The molecule has 0 fully saturated rings. The van der Waals surface area contributed by atoms with Crippen LogP contribution in [0, 0.1) is 5.82 Å². The molecule has 4 nitrogen and oxygen atoms in total. The van der Waals surface area contributed by atoms with Gasteiger partial charge in [-0.05, 0) is 48.5 Å². The van der Waals surface area contributed by atoms with E-state index in [0.29, 0.717) is 17.3 Å². The van der Waals surface area contributed by atoms with Crippen LogP contribution in [0.5, 0.6) is 0 Å². The second-order valence-electron chi connectivity index (χ2n) is 5.98. The lowest BCUT2D eigenvalue weighted by atomic mass is 10.1. The van der Waals surface area contributed by atoms with Crippen molar-refractivity contribution in [1.82, 2.24) is 15.2 Å². The summed E-state index contributed by atoms with van der Waals surface area (Å²) in [6.07, 6.45) is 0. The van der Waals surface area contributed by atoms with Crippen molar-refractivity contribution in [3.05, 3.63) is 78.6 Å². The quantitative estimate of drug-likeness (QED) is 0.400. The standard InChI is InChI=1S/C21H12FN3OS/c22-16-11-9-14(10-12-16)20-25-24-19(26-20)13-5-7-15(8-6-13)21-23-17-3-1-2-4-18(17)27-21/h1-12H. The summed E-state index contributed by atoms with van der Waals surface area (Å²) >= 11 is 1.66. The molecule has 3 aromatic carbocycles. The van der Waals surface area contributed by atoms with E-state index in [0.717, 1.165) is 26.4 Å². The third-order valence-electron chi connectivity index (χ3n) is 4.19. The Hall–Kier alpha value is -3.38. The summed E-state index contributed by atoms with van der Waals surface area (Å²) in [5, 5.41) is 9.12. The Morgan fingerprint density at radius 2 is 1.30 bits per heavy atom. The molecule has 2 heterocycles. The summed E-state index contributed by atoms with van der Waals surface area (Å²) in [6, 6.07) is 21.9. The van der Waals surface area contributed by atoms with E-state index in [-0.39, 0.29) is 5.82 Å². The highest BCUT2D eigenvalue weighted by Gasteiger charge is 2.12. The van der Waals surface area contributed by atoms with Crippen molar-refractivity contribution in [2.45, 2.75) is 0 Å². The van der Waals surface area contributed by atoms with Crippen LogP contribution in [-0.2, 0) is 0 Å². The average molecular weight is 373 g/mol. The normalized spacial score (nSPS) is 11.1. The number of rotatable bonds is 3. The maximum Gasteiger partial charge on any atom is 0.248 e. The lowest BCUT2D eigenvalue weighted by Crippen LogP contribution is -1.80. The Morgan fingerprint density at radius 1 is 0.704 bits per heavy atom. The van der Waals surface area contributed by atoms with E-state index in [2.05, 4.69) is 21.2 Å². The smallest absolute Gasteiger partial charge is 0.248 e. The van der Waals surface area contributed by atoms with Gasteiger partial charge >= 0.3 is 0 Å². The molecule has 5 rings (SSSR count). The van der Waals surface area contributed by atoms with Crippen LogP contribution in [0.2, 0.25) is 0 Å². The SMILES string of the molecule is Fc1ccc(-c2nnc(-c3ccc(-c4nc5ccccc5s4)cc3)o2)cc1. The first-order valence-electron chi connectivity index (χ1n) is 8.32. The molecule has 0 amide bonds. The van der Waals surface area contributed by atoms with Gasteiger partial charge in [-0.1, -0.05) is 24.3 Å². The number of aromatic nitrogens is 3. The zero-order chi connectivity index (χ0) is 18.2. The van der Waals surface area contributed by atoms with Crippen molar-refractivity contribution in [2.24, 2.45) is 0 Å². The van der Waals surface area contributed by atoms with E-state index in [9.17, 15) is 4.39 Å². The molecule has 0 saturated heterocycles. The first-order chi connectivity index (χ1) is 13.3. The molecule has 0 aliphatic heterocycles. The summed E-state index contributed by atoms with van der Waals surface area (Å²) in [5.41, 5.74) is 3.54. The van der Waals surface area contributed by atoms with Crippen LogP contribution in [0.1, 0.15) is 0 Å². The van der Waals surface area contributed by atoms with Gasteiger partial charge in [0.1, 0.15) is 10.8 Å². The van der Waals surface area contributed by atoms with Crippen molar-refractivity contribution in [2.75, 3.05) is 0 Å². The second kappa shape index (κ2) is 6.41. The molecule has 6 heteroatoms. The third-order valence-corrected chi connectivity index (χ3v) is 5.27. The number of nitrogens with zero attached hydrogens (tertiary/aromatic N) is 3. The summed E-state index contributed by atoms with van der Waals surface area (Å²) < 4.78 is 19.9. The molecule has 5 aromatic rings. The van der Waals surface area contributed by atoms with E-state index in [1.54, 1.807) is 23.5 Å². The van der Waals surface area contributed by atoms with Gasteiger partial charge in [0.2, 0.25) is 11.8 Å². The minimum atomic E-state index is -0.302. The Labute approximate surface area is 158 Å². The fourth-order valence-corrected chi connectivity index (χ4v) is 3.77. The molecule has 0 atom stereocenters. The number of hydrogen-bond donors (Lipinski definition) is 0. The number of thiazole rings is 1. The molecule has 2 aromatic heterocycles. The topological polar surface area (TPSA) is 51.8 Å². The van der Waals surface area contributed by atoms with E-state index in [1.807, 2.05) is 42.5 Å². The van der Waals surface area contributed by atoms with Crippen molar-refractivity contribution < 1.29 is 8.81 Å². The molecule has 0 bridgehead atoms. The number of benzene rings is 3. The van der Waals surface area contributed by atoms with E-state index >= 15 is 0 Å². The van der Waals surface area contributed by atoms with Crippen molar-refractivity contribution >= 4 is 21.6 Å². The maximum atomic E-state index is 13.0. The second-order valence-corrected chi connectivity index (χ2v) is 7.01. The minimum absolute atomic E-state index is 0.302. The highest BCUT2D eigenvalue weighted by Crippen LogP contribution is 2.31. The van der Waals surface area contributed by atoms with Gasteiger partial charge in [-0.15, -0.1) is 21.5 Å². The van der Waals surface area contributed by atoms with Crippen LogP contribution in [0.4, 0.5) is 4.39 Å². The maximum absolute atomic E-state index is 13.0. The number of fused-ring (bicyclic) bond motifs is 1. The van der Waals surface area contributed by atoms with Gasteiger partial charge in [-0.3, -0.25) is 0 Å².